The topological polar surface area (TPSA) is 67.1 Å². The van der Waals surface area contributed by atoms with Crippen molar-refractivity contribution in [1.82, 2.24) is 9.78 Å². The third kappa shape index (κ3) is 3.40. The lowest BCUT2D eigenvalue weighted by molar-refractivity contribution is 0.0697. The van der Waals surface area contributed by atoms with Crippen LogP contribution in [0.1, 0.15) is 28.8 Å². The van der Waals surface area contributed by atoms with Gasteiger partial charge in [-0.05, 0) is 49.6 Å². The summed E-state index contributed by atoms with van der Waals surface area (Å²) in [6.45, 7) is 0.845. The van der Waals surface area contributed by atoms with Crippen molar-refractivity contribution in [3.63, 3.8) is 0 Å². The van der Waals surface area contributed by atoms with Crippen LogP contribution in [0.25, 0.3) is 16.9 Å². The van der Waals surface area contributed by atoms with Gasteiger partial charge in [0.15, 0.2) is 0 Å². The second-order valence-electron chi connectivity index (χ2n) is 6.46. The first-order valence-corrected chi connectivity index (χ1v) is 9.45. The molecule has 1 aliphatic rings. The van der Waals surface area contributed by atoms with Crippen LogP contribution in [-0.2, 0) is 6.42 Å². The smallest absolute Gasteiger partial charge is 0.335 e. The molecule has 1 aliphatic heterocycles. The molecule has 1 aromatic heterocycles. The molecule has 0 fully saturated rings. The predicted octanol–water partition coefficient (Wildman–Crippen LogP) is 5.29. The Kier molecular flexibility index (Phi) is 4.81. The third-order valence-electron chi connectivity index (χ3n) is 4.66. The van der Waals surface area contributed by atoms with E-state index in [4.69, 9.17) is 28.3 Å². The zero-order chi connectivity index (χ0) is 19.0. The first-order chi connectivity index (χ1) is 13.0. The van der Waals surface area contributed by atoms with Crippen LogP contribution in [-0.4, -0.2) is 27.4 Å². The lowest BCUT2D eigenvalue weighted by Gasteiger charge is -2.09. The van der Waals surface area contributed by atoms with Crippen LogP contribution in [0.3, 0.4) is 0 Å². The standard InChI is InChI=1S/C20H17Cl2N3O2/c21-16-8-7-12(11-17(16)22)18-15-6-1-2-9-23-19(15)25(24-18)14-5-3-4-13(10-14)20(26)27/h3-5,7-8,10-11,23H,1-2,6,9H2,(H,26,27). The fourth-order valence-electron chi connectivity index (χ4n) is 3.34. The van der Waals surface area contributed by atoms with Gasteiger partial charge in [0.05, 0.1) is 27.0 Å². The molecule has 0 saturated carbocycles. The molecule has 5 nitrogen and oxygen atoms in total. The van der Waals surface area contributed by atoms with Crippen LogP contribution in [0.2, 0.25) is 10.0 Å². The molecule has 138 valence electrons. The van der Waals surface area contributed by atoms with Gasteiger partial charge in [0.2, 0.25) is 0 Å². The van der Waals surface area contributed by atoms with Gasteiger partial charge in [0, 0.05) is 17.7 Å². The van der Waals surface area contributed by atoms with Gasteiger partial charge < -0.3 is 10.4 Å². The number of hydrogen-bond donors (Lipinski definition) is 2. The van der Waals surface area contributed by atoms with Crippen LogP contribution >= 0.6 is 23.2 Å². The molecule has 0 atom stereocenters. The van der Waals surface area contributed by atoms with E-state index in [1.165, 1.54) is 0 Å². The number of nitrogens with zero attached hydrogens (tertiary/aromatic N) is 2. The van der Waals surface area contributed by atoms with Gasteiger partial charge in [-0.25, -0.2) is 9.48 Å². The Bertz CT molecular complexity index is 1030. The Morgan fingerprint density at radius 3 is 2.74 bits per heavy atom. The minimum Gasteiger partial charge on any atom is -0.478 e. The van der Waals surface area contributed by atoms with Crippen molar-refractivity contribution in [2.24, 2.45) is 0 Å². The Morgan fingerprint density at radius 2 is 1.96 bits per heavy atom. The maximum atomic E-state index is 11.4. The Morgan fingerprint density at radius 1 is 1.11 bits per heavy atom. The molecule has 0 aliphatic carbocycles. The number of carbonyl (C=O) groups is 1. The summed E-state index contributed by atoms with van der Waals surface area (Å²) in [5, 5.41) is 18.5. The highest BCUT2D eigenvalue weighted by molar-refractivity contribution is 6.42. The van der Waals surface area contributed by atoms with Gasteiger partial charge in [0.1, 0.15) is 5.82 Å². The highest BCUT2D eigenvalue weighted by Gasteiger charge is 2.22. The number of rotatable bonds is 3. The van der Waals surface area contributed by atoms with Crippen molar-refractivity contribution >= 4 is 35.0 Å². The predicted molar refractivity (Wildman–Crippen MR) is 107 cm³/mol. The maximum Gasteiger partial charge on any atom is 0.335 e. The average Bonchev–Trinajstić information content (AvgIpc) is 2.85. The first-order valence-electron chi connectivity index (χ1n) is 8.69. The number of aromatic carboxylic acids is 1. The van der Waals surface area contributed by atoms with Crippen LogP contribution in [0.5, 0.6) is 0 Å². The van der Waals surface area contributed by atoms with Gasteiger partial charge in [-0.1, -0.05) is 35.3 Å². The third-order valence-corrected chi connectivity index (χ3v) is 5.40. The van der Waals surface area contributed by atoms with Crippen molar-refractivity contribution < 1.29 is 9.90 Å². The van der Waals surface area contributed by atoms with Crippen molar-refractivity contribution in [3.05, 3.63) is 63.6 Å². The normalized spacial score (nSPS) is 13.6. The molecule has 0 bridgehead atoms. The highest BCUT2D eigenvalue weighted by atomic mass is 35.5. The van der Waals surface area contributed by atoms with E-state index in [2.05, 4.69) is 5.32 Å². The summed E-state index contributed by atoms with van der Waals surface area (Å²) in [4.78, 5) is 11.4. The summed E-state index contributed by atoms with van der Waals surface area (Å²) in [6.07, 6.45) is 3.00. The summed E-state index contributed by atoms with van der Waals surface area (Å²) in [6, 6.07) is 12.3. The second-order valence-corrected chi connectivity index (χ2v) is 7.27. The van der Waals surface area contributed by atoms with Crippen LogP contribution in [0, 0.1) is 0 Å². The van der Waals surface area contributed by atoms with E-state index >= 15 is 0 Å². The molecule has 0 radical (unpaired) electrons. The van der Waals surface area contributed by atoms with Crippen molar-refractivity contribution in [2.75, 3.05) is 11.9 Å². The zero-order valence-electron chi connectivity index (χ0n) is 14.4. The Hall–Kier alpha value is -2.50. The number of carboxylic acids is 1. The molecule has 27 heavy (non-hydrogen) atoms. The number of halogens is 2. The molecule has 2 N–H and O–H groups in total. The molecule has 2 aromatic carbocycles. The first kappa shape index (κ1) is 17.9. The van der Waals surface area contributed by atoms with Crippen molar-refractivity contribution in [3.8, 4) is 16.9 Å². The van der Waals surface area contributed by atoms with E-state index in [0.717, 1.165) is 48.4 Å². The molecule has 7 heteroatoms. The number of benzene rings is 2. The van der Waals surface area contributed by atoms with E-state index in [1.54, 1.807) is 28.9 Å². The quantitative estimate of drug-likeness (QED) is 0.625. The molecule has 0 unspecified atom stereocenters. The summed E-state index contributed by atoms with van der Waals surface area (Å²) in [5.74, 6) is -0.0659. The van der Waals surface area contributed by atoms with Gasteiger partial charge in [-0.3, -0.25) is 0 Å². The fourth-order valence-corrected chi connectivity index (χ4v) is 3.63. The summed E-state index contributed by atoms with van der Waals surface area (Å²) >= 11 is 12.3. The molecular weight excluding hydrogens is 385 g/mol. The lowest BCUT2D eigenvalue weighted by Crippen LogP contribution is -2.08. The largest absolute Gasteiger partial charge is 0.478 e. The molecule has 2 heterocycles. The number of aromatic nitrogens is 2. The van der Waals surface area contributed by atoms with Gasteiger partial charge in [0.25, 0.3) is 0 Å². The van der Waals surface area contributed by atoms with E-state index in [0.29, 0.717) is 15.7 Å². The van der Waals surface area contributed by atoms with E-state index in [1.807, 2.05) is 18.2 Å². The minimum atomic E-state index is -0.965. The SMILES string of the molecule is O=C(O)c1cccc(-n2nc(-c3ccc(Cl)c(Cl)c3)c3c2NCCCC3)c1. The molecule has 4 rings (SSSR count). The number of fused-ring (bicyclic) bond motifs is 1. The van der Waals surface area contributed by atoms with Crippen molar-refractivity contribution in [2.45, 2.75) is 19.3 Å². The molecule has 0 spiro atoms. The monoisotopic (exact) mass is 401 g/mol. The zero-order valence-corrected chi connectivity index (χ0v) is 15.9. The Balaban J connectivity index is 1.90. The second kappa shape index (κ2) is 7.25. The number of anilines is 1. The average molecular weight is 402 g/mol. The van der Waals surface area contributed by atoms with E-state index < -0.39 is 5.97 Å². The number of hydrogen-bond acceptors (Lipinski definition) is 3. The minimum absolute atomic E-state index is 0.224. The van der Waals surface area contributed by atoms with Crippen LogP contribution in [0.4, 0.5) is 5.82 Å². The van der Waals surface area contributed by atoms with Crippen molar-refractivity contribution in [1.29, 1.82) is 0 Å². The van der Waals surface area contributed by atoms with Crippen LogP contribution < -0.4 is 5.32 Å². The van der Waals surface area contributed by atoms with Gasteiger partial charge in [-0.2, -0.15) is 5.10 Å². The fraction of sp³-hybridized carbons (Fsp3) is 0.200. The maximum absolute atomic E-state index is 11.4. The molecule has 0 saturated heterocycles. The summed E-state index contributed by atoms with van der Waals surface area (Å²) in [7, 11) is 0. The summed E-state index contributed by atoms with van der Waals surface area (Å²) < 4.78 is 1.78. The number of nitrogens with one attached hydrogen (secondary N) is 1. The molecule has 3 aromatic rings. The number of carboxylic acid groups (broad SMARTS) is 1. The van der Waals surface area contributed by atoms with Crippen LogP contribution in [0.15, 0.2) is 42.5 Å². The van der Waals surface area contributed by atoms with E-state index in [9.17, 15) is 9.90 Å². The summed E-state index contributed by atoms with van der Waals surface area (Å²) in [5.41, 5.74) is 3.75. The van der Waals surface area contributed by atoms with Gasteiger partial charge >= 0.3 is 5.97 Å². The molecule has 0 amide bonds. The highest BCUT2D eigenvalue weighted by Crippen LogP contribution is 2.36. The molecular formula is C20H17Cl2N3O2. The van der Waals surface area contributed by atoms with E-state index in [-0.39, 0.29) is 5.56 Å². The Labute approximate surface area is 166 Å². The lowest BCUT2D eigenvalue weighted by atomic mass is 10.0. The van der Waals surface area contributed by atoms with Gasteiger partial charge in [-0.15, -0.1) is 0 Å².